The molecule has 3 aromatic heterocycles. The summed E-state index contributed by atoms with van der Waals surface area (Å²) in [5.41, 5.74) is 4.72. The number of nitriles is 1. The Morgan fingerprint density at radius 3 is 2.64 bits per heavy atom. The smallest absolute Gasteiger partial charge is 0.272 e. The number of imidazole rings is 1. The van der Waals surface area contributed by atoms with Gasteiger partial charge in [0.1, 0.15) is 29.6 Å². The van der Waals surface area contributed by atoms with Crippen LogP contribution in [0.2, 0.25) is 0 Å². The number of ether oxygens (including phenoxy) is 2. The molecule has 39 heavy (non-hydrogen) atoms. The van der Waals surface area contributed by atoms with E-state index in [1.807, 2.05) is 12.1 Å². The minimum Gasteiger partial charge on any atom is -0.485 e. The van der Waals surface area contributed by atoms with Gasteiger partial charge in [0.15, 0.2) is 5.75 Å². The molecule has 6 rings (SSSR count). The van der Waals surface area contributed by atoms with Gasteiger partial charge in [0.25, 0.3) is 6.43 Å². The predicted molar refractivity (Wildman–Crippen MR) is 141 cm³/mol. The van der Waals surface area contributed by atoms with E-state index in [0.717, 1.165) is 50.0 Å². The van der Waals surface area contributed by atoms with Crippen LogP contribution in [-0.4, -0.2) is 76.3 Å². The minimum absolute atomic E-state index is 0.110. The Balaban J connectivity index is 1.47. The quantitative estimate of drug-likeness (QED) is 0.284. The first-order chi connectivity index (χ1) is 19.0. The van der Waals surface area contributed by atoms with Crippen molar-refractivity contribution in [3.63, 3.8) is 0 Å². The lowest BCUT2D eigenvalue weighted by molar-refractivity contribution is 0.0815. The Hall–Kier alpha value is -3.75. The Bertz CT molecular complexity index is 1550. The Labute approximate surface area is 223 Å². The van der Waals surface area contributed by atoms with E-state index in [1.165, 1.54) is 7.11 Å². The van der Waals surface area contributed by atoms with Crippen LogP contribution in [-0.2, 0) is 0 Å². The molecule has 4 heterocycles. The normalized spacial score (nSPS) is 16.8. The molecule has 0 bridgehead atoms. The number of halogens is 2. The van der Waals surface area contributed by atoms with Gasteiger partial charge in [-0.2, -0.15) is 5.26 Å². The highest BCUT2D eigenvalue weighted by atomic mass is 19.3. The van der Waals surface area contributed by atoms with Crippen LogP contribution in [0.3, 0.4) is 0 Å². The molecule has 0 amide bonds. The van der Waals surface area contributed by atoms with E-state index >= 15 is 0 Å². The number of β-amino-alcohol motifs (C(OH)–C–C–N with tert-alkyl or cyclic N) is 1. The lowest BCUT2D eigenvalue weighted by Gasteiger charge is -2.32. The lowest BCUT2D eigenvalue weighted by Crippen LogP contribution is -2.35. The van der Waals surface area contributed by atoms with E-state index in [2.05, 4.69) is 25.9 Å². The summed E-state index contributed by atoms with van der Waals surface area (Å²) in [6.07, 6.45) is 2.72. The number of nitrogens with zero attached hydrogens (tertiary/aromatic N) is 4. The second-order valence-electron chi connectivity index (χ2n) is 10.2. The number of benzene rings is 1. The summed E-state index contributed by atoms with van der Waals surface area (Å²) in [5, 5.41) is 19.8. The zero-order chi connectivity index (χ0) is 27.1. The minimum atomic E-state index is -2.62. The van der Waals surface area contributed by atoms with Crippen molar-refractivity contribution in [1.82, 2.24) is 24.8 Å². The highest BCUT2D eigenvalue weighted by Crippen LogP contribution is 2.46. The van der Waals surface area contributed by atoms with Crippen LogP contribution in [0.25, 0.3) is 33.3 Å². The number of aliphatic hydroxyl groups excluding tert-OH is 1. The van der Waals surface area contributed by atoms with Crippen molar-refractivity contribution >= 4 is 21.9 Å². The lowest BCUT2D eigenvalue weighted by atomic mass is 9.88. The number of nitrogens with one attached hydrogen (secondary N) is 2. The van der Waals surface area contributed by atoms with Crippen molar-refractivity contribution in [1.29, 1.82) is 5.26 Å². The van der Waals surface area contributed by atoms with E-state index in [9.17, 15) is 19.1 Å². The molecule has 0 atom stereocenters. The third-order valence-electron chi connectivity index (χ3n) is 7.81. The van der Waals surface area contributed by atoms with Gasteiger partial charge in [-0.15, -0.1) is 0 Å². The van der Waals surface area contributed by atoms with Crippen molar-refractivity contribution < 1.29 is 23.4 Å². The number of aromatic nitrogens is 4. The van der Waals surface area contributed by atoms with Crippen molar-refractivity contribution in [3.8, 4) is 29.1 Å². The van der Waals surface area contributed by atoms with Crippen molar-refractivity contribution in [2.75, 3.05) is 40.0 Å². The van der Waals surface area contributed by atoms with Crippen molar-refractivity contribution in [2.24, 2.45) is 0 Å². The van der Waals surface area contributed by atoms with E-state index < -0.39 is 13.0 Å². The first kappa shape index (κ1) is 25.5. The Kier molecular flexibility index (Phi) is 6.83. The van der Waals surface area contributed by atoms with Gasteiger partial charge in [0.05, 0.1) is 30.3 Å². The molecule has 204 valence electrons. The maximum Gasteiger partial charge on any atom is 0.272 e. The number of hydrogen-bond donors (Lipinski definition) is 3. The average Bonchev–Trinajstić information content (AvgIpc) is 3.59. The Morgan fingerprint density at radius 2 is 1.97 bits per heavy atom. The van der Waals surface area contributed by atoms with Crippen molar-refractivity contribution in [3.05, 3.63) is 35.2 Å². The summed E-state index contributed by atoms with van der Waals surface area (Å²) in [6, 6.07) is 6.16. The van der Waals surface area contributed by atoms with Gasteiger partial charge in [-0.1, -0.05) is 6.07 Å². The molecule has 1 aromatic carbocycles. The fourth-order valence-electron chi connectivity index (χ4n) is 5.74. The molecule has 11 heteroatoms. The van der Waals surface area contributed by atoms with Gasteiger partial charge in [0, 0.05) is 29.7 Å². The van der Waals surface area contributed by atoms with E-state index in [-0.39, 0.29) is 12.5 Å². The number of fused-ring (bicyclic) bond motifs is 2. The number of likely N-dealkylation sites (tertiary alicyclic amines) is 1. The van der Waals surface area contributed by atoms with Crippen LogP contribution < -0.4 is 9.47 Å². The van der Waals surface area contributed by atoms with Crippen LogP contribution in [0.1, 0.15) is 54.3 Å². The molecule has 0 unspecified atom stereocenters. The fourth-order valence-corrected chi connectivity index (χ4v) is 5.74. The van der Waals surface area contributed by atoms with Gasteiger partial charge in [-0.3, -0.25) is 0 Å². The summed E-state index contributed by atoms with van der Waals surface area (Å²) in [5.74, 6) is 1.59. The second kappa shape index (κ2) is 10.4. The topological polar surface area (TPSA) is 123 Å². The highest BCUT2D eigenvalue weighted by molar-refractivity contribution is 6.00. The monoisotopic (exact) mass is 536 g/mol. The van der Waals surface area contributed by atoms with E-state index in [1.54, 1.807) is 6.20 Å². The van der Waals surface area contributed by atoms with Crippen LogP contribution in [0.15, 0.2) is 18.3 Å². The zero-order valence-corrected chi connectivity index (χ0v) is 21.6. The number of aliphatic hydroxyl groups is 1. The first-order valence-corrected chi connectivity index (χ1v) is 13.3. The fraction of sp³-hybridized carbons (Fsp3) is 0.464. The maximum absolute atomic E-state index is 13.3. The van der Waals surface area contributed by atoms with E-state index in [0.29, 0.717) is 63.0 Å². The summed E-state index contributed by atoms with van der Waals surface area (Å²) >= 11 is 0. The Morgan fingerprint density at radius 1 is 1.18 bits per heavy atom. The number of rotatable bonds is 9. The number of aromatic amines is 2. The molecular formula is C28H30F2N6O3. The van der Waals surface area contributed by atoms with Gasteiger partial charge >= 0.3 is 0 Å². The number of piperidine rings is 1. The number of pyridine rings is 1. The zero-order valence-electron chi connectivity index (χ0n) is 21.6. The molecule has 2 aliphatic rings. The number of H-pyrrole nitrogens is 2. The van der Waals surface area contributed by atoms with Gasteiger partial charge in [-0.25, -0.2) is 18.7 Å². The largest absolute Gasteiger partial charge is 0.485 e. The molecule has 0 spiro atoms. The highest BCUT2D eigenvalue weighted by Gasteiger charge is 2.32. The molecular weight excluding hydrogens is 506 g/mol. The molecule has 1 aliphatic heterocycles. The molecule has 2 fully saturated rings. The third kappa shape index (κ3) is 4.68. The second-order valence-corrected chi connectivity index (χ2v) is 10.2. The molecule has 0 radical (unpaired) electrons. The maximum atomic E-state index is 13.3. The number of alkyl halides is 2. The van der Waals surface area contributed by atoms with Crippen LogP contribution in [0.4, 0.5) is 8.78 Å². The molecule has 1 saturated carbocycles. The van der Waals surface area contributed by atoms with E-state index in [4.69, 9.17) is 14.5 Å². The molecule has 1 aliphatic carbocycles. The number of methoxy groups -OCH3 is 1. The predicted octanol–water partition coefficient (Wildman–Crippen LogP) is 4.68. The van der Waals surface area contributed by atoms with Gasteiger partial charge < -0.3 is 29.4 Å². The SMILES string of the molecule is COc1ncc2c(C#N)c(C3CC3)[nH]c2c1-c1nc2c(OCC(F)F)c(C3CCN(CCO)CC3)ccc2[nH]1. The summed E-state index contributed by atoms with van der Waals surface area (Å²) in [7, 11) is 1.52. The summed E-state index contributed by atoms with van der Waals surface area (Å²) in [4.78, 5) is 18.3. The van der Waals surface area contributed by atoms with Crippen molar-refractivity contribution in [2.45, 2.75) is 43.9 Å². The summed E-state index contributed by atoms with van der Waals surface area (Å²) < 4.78 is 37.9. The molecule has 3 N–H and O–H groups in total. The average molecular weight is 537 g/mol. The van der Waals surface area contributed by atoms with Crippen LogP contribution >= 0.6 is 0 Å². The van der Waals surface area contributed by atoms with Crippen LogP contribution in [0, 0.1) is 11.3 Å². The third-order valence-corrected chi connectivity index (χ3v) is 7.81. The molecule has 4 aromatic rings. The standard InChI is InChI=1S/C28H30F2N6O3/c1-38-28-22(24-19(13-32-28)18(12-31)23(34-24)16-2-3-16)27-33-20-5-4-17(15-6-8-36(9-7-15)10-11-37)26(25(20)35-27)39-14-21(29)30/h4-5,13,15-16,21,34,37H,2-3,6-11,14H2,1H3,(H,33,35). The van der Waals surface area contributed by atoms with Gasteiger partial charge in [-0.05, 0) is 56.3 Å². The molecule has 9 nitrogen and oxygen atoms in total. The van der Waals surface area contributed by atoms with Gasteiger partial charge in [0.2, 0.25) is 5.88 Å². The first-order valence-electron chi connectivity index (χ1n) is 13.3. The number of hydrogen-bond acceptors (Lipinski definition) is 7. The summed E-state index contributed by atoms with van der Waals surface area (Å²) in [6.45, 7) is 1.63. The molecule has 1 saturated heterocycles. The van der Waals surface area contributed by atoms with Crippen LogP contribution in [0.5, 0.6) is 11.6 Å².